The lowest BCUT2D eigenvalue weighted by atomic mass is 9.86. The summed E-state index contributed by atoms with van der Waals surface area (Å²) in [5, 5.41) is 0. The first-order valence-corrected chi connectivity index (χ1v) is 8.09. The van der Waals surface area contributed by atoms with Crippen LogP contribution in [0.1, 0.15) is 50.5 Å². The Labute approximate surface area is 126 Å². The molecule has 3 heteroatoms. The number of rotatable bonds is 3. The van der Waals surface area contributed by atoms with E-state index >= 15 is 0 Å². The summed E-state index contributed by atoms with van der Waals surface area (Å²) in [6, 6.07) is 7.24. The first kappa shape index (κ1) is 14.6. The third-order valence-electron chi connectivity index (χ3n) is 5.29. The molecular weight excluding hydrogens is 265 g/mol. The van der Waals surface area contributed by atoms with Gasteiger partial charge in [0.25, 0.3) is 0 Å². The number of hydrogen-bond donors (Lipinski definition) is 0. The van der Waals surface area contributed by atoms with Crippen molar-refractivity contribution in [3.05, 3.63) is 35.6 Å². The summed E-state index contributed by atoms with van der Waals surface area (Å²) >= 11 is 0. The number of amides is 1. The minimum absolute atomic E-state index is 0.00810. The highest BCUT2D eigenvalue weighted by Crippen LogP contribution is 2.49. The second-order valence-electron chi connectivity index (χ2n) is 6.83. The van der Waals surface area contributed by atoms with E-state index in [4.69, 9.17) is 0 Å². The zero-order valence-corrected chi connectivity index (χ0v) is 12.9. The van der Waals surface area contributed by atoms with E-state index in [1.165, 1.54) is 18.9 Å². The third-order valence-corrected chi connectivity index (χ3v) is 5.29. The summed E-state index contributed by atoms with van der Waals surface area (Å²) in [6.07, 6.45) is 5.45. The van der Waals surface area contributed by atoms with Crippen LogP contribution in [0.4, 0.5) is 4.39 Å². The maximum absolute atomic E-state index is 13.8. The van der Waals surface area contributed by atoms with Gasteiger partial charge >= 0.3 is 0 Å². The Balaban J connectivity index is 1.61. The Morgan fingerprint density at radius 2 is 1.86 bits per heavy atom. The summed E-state index contributed by atoms with van der Waals surface area (Å²) in [7, 11) is 1.93. The Kier molecular flexibility index (Phi) is 4.01. The van der Waals surface area contributed by atoms with Crippen LogP contribution in [0.2, 0.25) is 0 Å². The number of nitrogens with zero attached hydrogens (tertiary/aromatic N) is 1. The van der Waals surface area contributed by atoms with Crippen molar-refractivity contribution in [2.24, 2.45) is 11.8 Å². The molecule has 21 heavy (non-hydrogen) atoms. The molecule has 2 atom stereocenters. The monoisotopic (exact) mass is 289 g/mol. The highest BCUT2D eigenvalue weighted by molar-refractivity contribution is 5.83. The normalized spacial score (nSPS) is 31.8. The molecule has 0 spiro atoms. The Bertz CT molecular complexity index is 522. The van der Waals surface area contributed by atoms with E-state index in [1.807, 2.05) is 24.1 Å². The Morgan fingerprint density at radius 3 is 2.52 bits per heavy atom. The molecule has 114 valence electrons. The first-order valence-electron chi connectivity index (χ1n) is 8.09. The molecule has 0 aliphatic heterocycles. The summed E-state index contributed by atoms with van der Waals surface area (Å²) < 4.78 is 13.8. The van der Waals surface area contributed by atoms with Crippen molar-refractivity contribution in [2.45, 2.75) is 51.0 Å². The highest BCUT2D eigenvalue weighted by Gasteiger charge is 2.47. The van der Waals surface area contributed by atoms with Crippen LogP contribution < -0.4 is 0 Å². The van der Waals surface area contributed by atoms with Crippen LogP contribution >= 0.6 is 0 Å². The maximum Gasteiger partial charge on any atom is 0.226 e. The van der Waals surface area contributed by atoms with Crippen molar-refractivity contribution >= 4 is 5.91 Å². The van der Waals surface area contributed by atoms with E-state index in [1.54, 1.807) is 6.07 Å². The molecule has 2 nitrogen and oxygen atoms in total. The van der Waals surface area contributed by atoms with Gasteiger partial charge < -0.3 is 4.90 Å². The largest absolute Gasteiger partial charge is 0.343 e. The molecule has 3 rings (SSSR count). The van der Waals surface area contributed by atoms with Crippen LogP contribution in [-0.2, 0) is 4.79 Å². The molecule has 2 aliphatic rings. The van der Waals surface area contributed by atoms with Crippen molar-refractivity contribution in [2.75, 3.05) is 7.05 Å². The number of benzene rings is 1. The van der Waals surface area contributed by atoms with E-state index in [0.29, 0.717) is 11.6 Å². The molecule has 0 saturated heterocycles. The second kappa shape index (κ2) is 5.78. The molecule has 0 radical (unpaired) electrons. The van der Waals surface area contributed by atoms with E-state index in [-0.39, 0.29) is 23.6 Å². The minimum atomic E-state index is -0.174. The van der Waals surface area contributed by atoms with Crippen molar-refractivity contribution in [3.8, 4) is 0 Å². The molecule has 2 fully saturated rings. The lowest BCUT2D eigenvalue weighted by Crippen LogP contribution is -2.40. The van der Waals surface area contributed by atoms with E-state index < -0.39 is 0 Å². The van der Waals surface area contributed by atoms with Gasteiger partial charge in [0.05, 0.1) is 0 Å². The van der Waals surface area contributed by atoms with Gasteiger partial charge in [-0.25, -0.2) is 4.39 Å². The highest BCUT2D eigenvalue weighted by atomic mass is 19.1. The van der Waals surface area contributed by atoms with E-state index in [2.05, 4.69) is 6.92 Å². The van der Waals surface area contributed by atoms with Gasteiger partial charge in [-0.05, 0) is 55.6 Å². The summed E-state index contributed by atoms with van der Waals surface area (Å²) in [6.45, 7) is 2.28. The molecular formula is C18H24FNO. The second-order valence-corrected chi connectivity index (χ2v) is 6.83. The fourth-order valence-corrected chi connectivity index (χ4v) is 3.66. The van der Waals surface area contributed by atoms with Crippen LogP contribution in [0.3, 0.4) is 0 Å². The zero-order valence-electron chi connectivity index (χ0n) is 12.9. The van der Waals surface area contributed by atoms with Crippen LogP contribution in [0.25, 0.3) is 0 Å². The summed E-state index contributed by atoms with van der Waals surface area (Å²) in [5.74, 6) is 0.904. The molecule has 1 amide bonds. The lowest BCUT2D eigenvalue weighted by Gasteiger charge is -2.33. The van der Waals surface area contributed by atoms with E-state index in [9.17, 15) is 9.18 Å². The average Bonchev–Trinajstić information content (AvgIpc) is 3.27. The summed E-state index contributed by atoms with van der Waals surface area (Å²) in [5.41, 5.74) is 0.710. The number of hydrogen-bond acceptors (Lipinski definition) is 1. The van der Waals surface area contributed by atoms with Crippen molar-refractivity contribution in [1.29, 1.82) is 0 Å². The molecule has 1 aromatic rings. The van der Waals surface area contributed by atoms with Crippen molar-refractivity contribution in [3.63, 3.8) is 0 Å². The average molecular weight is 289 g/mol. The predicted octanol–water partition coefficient (Wildman–Crippen LogP) is 3.97. The Morgan fingerprint density at radius 1 is 1.19 bits per heavy atom. The number of carbonyl (C=O) groups excluding carboxylic acids is 1. The SMILES string of the molecule is CC1CCC(N(C)C(=O)C2CC2c2ccccc2F)CC1. The zero-order chi connectivity index (χ0) is 15.0. The van der Waals surface area contributed by atoms with E-state index in [0.717, 1.165) is 25.2 Å². The van der Waals surface area contributed by atoms with Crippen molar-refractivity contribution < 1.29 is 9.18 Å². The summed E-state index contributed by atoms with van der Waals surface area (Å²) in [4.78, 5) is 14.5. The van der Waals surface area contributed by atoms with Crippen LogP contribution in [0.15, 0.2) is 24.3 Å². The lowest BCUT2D eigenvalue weighted by molar-refractivity contribution is -0.134. The Hall–Kier alpha value is -1.38. The molecule has 0 heterocycles. The van der Waals surface area contributed by atoms with Gasteiger partial charge in [0.1, 0.15) is 5.82 Å². The van der Waals surface area contributed by atoms with Crippen LogP contribution in [0, 0.1) is 17.7 Å². The maximum atomic E-state index is 13.8. The topological polar surface area (TPSA) is 20.3 Å². The number of halogens is 1. The van der Waals surface area contributed by atoms with Gasteiger partial charge in [-0.3, -0.25) is 4.79 Å². The predicted molar refractivity (Wildman–Crippen MR) is 81.4 cm³/mol. The van der Waals surface area contributed by atoms with Crippen LogP contribution in [0.5, 0.6) is 0 Å². The first-order chi connectivity index (χ1) is 10.1. The molecule has 2 unspecified atom stereocenters. The molecule has 1 aromatic carbocycles. The van der Waals surface area contributed by atoms with Gasteiger partial charge in [0.2, 0.25) is 5.91 Å². The van der Waals surface area contributed by atoms with Gasteiger partial charge in [0, 0.05) is 19.0 Å². The van der Waals surface area contributed by atoms with Gasteiger partial charge in [-0.15, -0.1) is 0 Å². The fraction of sp³-hybridized carbons (Fsp3) is 0.611. The molecule has 0 N–H and O–H groups in total. The minimum Gasteiger partial charge on any atom is -0.343 e. The third kappa shape index (κ3) is 2.97. The molecule has 0 aromatic heterocycles. The quantitative estimate of drug-likeness (QED) is 0.824. The molecule has 2 saturated carbocycles. The number of carbonyl (C=O) groups is 1. The van der Waals surface area contributed by atoms with Crippen molar-refractivity contribution in [1.82, 2.24) is 4.90 Å². The fourth-order valence-electron chi connectivity index (χ4n) is 3.66. The van der Waals surface area contributed by atoms with Gasteiger partial charge in [-0.1, -0.05) is 25.1 Å². The molecule has 2 aliphatic carbocycles. The van der Waals surface area contributed by atoms with Gasteiger partial charge in [0.15, 0.2) is 0 Å². The smallest absolute Gasteiger partial charge is 0.226 e. The van der Waals surface area contributed by atoms with Gasteiger partial charge in [-0.2, -0.15) is 0 Å². The molecule has 0 bridgehead atoms. The standard InChI is InChI=1S/C18H24FNO/c1-12-7-9-13(10-8-12)20(2)18(21)16-11-15(16)14-5-3-4-6-17(14)19/h3-6,12-13,15-16H,7-11H2,1-2H3. The van der Waals surface area contributed by atoms with Crippen LogP contribution in [-0.4, -0.2) is 23.9 Å².